The summed E-state index contributed by atoms with van der Waals surface area (Å²) in [5.74, 6) is 1.95. The maximum Gasteiger partial charge on any atom is 0.227 e. The molecule has 0 unspecified atom stereocenters. The molecule has 1 aliphatic heterocycles. The number of rotatable bonds is 6. The summed E-state index contributed by atoms with van der Waals surface area (Å²) in [6, 6.07) is 7.94. The predicted octanol–water partition coefficient (Wildman–Crippen LogP) is 2.78. The molecule has 0 bridgehead atoms. The summed E-state index contributed by atoms with van der Waals surface area (Å²) in [5.41, 5.74) is 2.07. The first-order valence-corrected chi connectivity index (χ1v) is 9.41. The molecule has 0 saturated carbocycles. The third kappa shape index (κ3) is 4.69. The van der Waals surface area contributed by atoms with Gasteiger partial charge in [-0.3, -0.25) is 9.69 Å². The van der Waals surface area contributed by atoms with E-state index in [0.29, 0.717) is 30.5 Å². The van der Waals surface area contributed by atoms with E-state index in [2.05, 4.69) is 28.9 Å². The van der Waals surface area contributed by atoms with Crippen molar-refractivity contribution in [2.24, 2.45) is 5.92 Å². The standard InChI is InChI=1S/C20H28N4O2/c1-15(2)14-23-10-12-24(13-11-23)19(25)9-8-18-21-20(22-26-18)17-7-5-4-6-16(17)3/h4-7,15H,8-14H2,1-3H3. The normalized spacial score (nSPS) is 15.6. The van der Waals surface area contributed by atoms with Crippen molar-refractivity contribution >= 4 is 5.91 Å². The number of aromatic nitrogens is 2. The van der Waals surface area contributed by atoms with Crippen molar-refractivity contribution in [2.75, 3.05) is 32.7 Å². The molecule has 2 heterocycles. The highest BCUT2D eigenvalue weighted by Gasteiger charge is 2.22. The fourth-order valence-electron chi connectivity index (χ4n) is 3.36. The van der Waals surface area contributed by atoms with E-state index in [1.165, 1.54) is 0 Å². The zero-order valence-corrected chi connectivity index (χ0v) is 15.9. The van der Waals surface area contributed by atoms with E-state index in [-0.39, 0.29) is 5.91 Å². The van der Waals surface area contributed by atoms with Crippen LogP contribution in [0.3, 0.4) is 0 Å². The van der Waals surface area contributed by atoms with Gasteiger partial charge in [-0.05, 0) is 18.4 Å². The van der Waals surface area contributed by atoms with Crippen LogP contribution in [0.5, 0.6) is 0 Å². The lowest BCUT2D eigenvalue weighted by molar-refractivity contribution is -0.133. The Morgan fingerprint density at radius 1 is 1.19 bits per heavy atom. The van der Waals surface area contributed by atoms with Gasteiger partial charge >= 0.3 is 0 Å². The average molecular weight is 356 g/mol. The van der Waals surface area contributed by atoms with Gasteiger partial charge in [-0.1, -0.05) is 43.3 Å². The largest absolute Gasteiger partial charge is 0.340 e. The number of nitrogens with zero attached hydrogens (tertiary/aromatic N) is 4. The number of hydrogen-bond acceptors (Lipinski definition) is 5. The van der Waals surface area contributed by atoms with Crippen molar-refractivity contribution < 1.29 is 9.32 Å². The molecule has 26 heavy (non-hydrogen) atoms. The van der Waals surface area contributed by atoms with Crippen LogP contribution in [-0.4, -0.2) is 58.6 Å². The summed E-state index contributed by atoms with van der Waals surface area (Å²) in [5, 5.41) is 4.06. The molecule has 0 atom stereocenters. The summed E-state index contributed by atoms with van der Waals surface area (Å²) in [6.07, 6.45) is 0.906. The first-order chi connectivity index (χ1) is 12.5. The highest BCUT2D eigenvalue weighted by molar-refractivity contribution is 5.76. The van der Waals surface area contributed by atoms with Gasteiger partial charge in [-0.15, -0.1) is 0 Å². The Balaban J connectivity index is 1.49. The predicted molar refractivity (Wildman–Crippen MR) is 101 cm³/mol. The first-order valence-electron chi connectivity index (χ1n) is 9.41. The summed E-state index contributed by atoms with van der Waals surface area (Å²) in [4.78, 5) is 21.3. The van der Waals surface area contributed by atoms with Gasteiger partial charge in [-0.2, -0.15) is 4.98 Å². The summed E-state index contributed by atoms with van der Waals surface area (Å²) in [7, 11) is 0. The maximum atomic E-state index is 12.4. The number of hydrogen-bond donors (Lipinski definition) is 0. The molecule has 0 radical (unpaired) electrons. The van der Waals surface area contributed by atoms with Crippen LogP contribution < -0.4 is 0 Å². The molecule has 2 aromatic rings. The fourth-order valence-corrected chi connectivity index (χ4v) is 3.36. The van der Waals surface area contributed by atoms with Crippen molar-refractivity contribution in [3.8, 4) is 11.4 Å². The van der Waals surface area contributed by atoms with E-state index in [0.717, 1.165) is 43.9 Å². The van der Waals surface area contributed by atoms with E-state index < -0.39 is 0 Å². The zero-order valence-electron chi connectivity index (χ0n) is 15.9. The second-order valence-electron chi connectivity index (χ2n) is 7.40. The van der Waals surface area contributed by atoms with Gasteiger partial charge in [0.15, 0.2) is 0 Å². The van der Waals surface area contributed by atoms with Crippen molar-refractivity contribution in [1.82, 2.24) is 19.9 Å². The molecule has 0 spiro atoms. The Bertz CT molecular complexity index is 733. The lowest BCUT2D eigenvalue weighted by atomic mass is 10.1. The maximum absolute atomic E-state index is 12.4. The second kappa shape index (κ2) is 8.45. The quantitative estimate of drug-likeness (QED) is 0.796. The van der Waals surface area contributed by atoms with Crippen LogP contribution in [0.2, 0.25) is 0 Å². The number of carbonyl (C=O) groups is 1. The molecule has 3 rings (SSSR count). The molecular weight excluding hydrogens is 328 g/mol. The van der Waals surface area contributed by atoms with Crippen LogP contribution in [0.25, 0.3) is 11.4 Å². The highest BCUT2D eigenvalue weighted by atomic mass is 16.5. The summed E-state index contributed by atoms with van der Waals surface area (Å²) >= 11 is 0. The molecule has 1 saturated heterocycles. The van der Waals surface area contributed by atoms with Crippen LogP contribution in [0.1, 0.15) is 31.7 Å². The smallest absolute Gasteiger partial charge is 0.227 e. The fraction of sp³-hybridized carbons (Fsp3) is 0.550. The van der Waals surface area contributed by atoms with E-state index in [4.69, 9.17) is 4.52 Å². The van der Waals surface area contributed by atoms with E-state index in [1.54, 1.807) is 0 Å². The molecule has 0 N–H and O–H groups in total. The van der Waals surface area contributed by atoms with Crippen LogP contribution in [0, 0.1) is 12.8 Å². The Morgan fingerprint density at radius 2 is 1.92 bits per heavy atom. The Kier molecular flexibility index (Phi) is 6.04. The monoisotopic (exact) mass is 356 g/mol. The minimum absolute atomic E-state index is 0.171. The third-order valence-corrected chi connectivity index (χ3v) is 4.76. The van der Waals surface area contributed by atoms with Gasteiger partial charge in [0, 0.05) is 51.1 Å². The molecule has 1 amide bonds. The zero-order chi connectivity index (χ0) is 18.5. The SMILES string of the molecule is Cc1ccccc1-c1noc(CCC(=O)N2CCN(CC(C)C)CC2)n1. The van der Waals surface area contributed by atoms with Crippen molar-refractivity contribution in [2.45, 2.75) is 33.6 Å². The van der Waals surface area contributed by atoms with E-state index in [9.17, 15) is 4.79 Å². The first kappa shape index (κ1) is 18.6. The van der Waals surface area contributed by atoms with Gasteiger partial charge in [0.25, 0.3) is 0 Å². The molecule has 6 nitrogen and oxygen atoms in total. The number of carbonyl (C=O) groups excluding carboxylic acids is 1. The summed E-state index contributed by atoms with van der Waals surface area (Å²) in [6.45, 7) is 11.1. The summed E-state index contributed by atoms with van der Waals surface area (Å²) < 4.78 is 5.33. The highest BCUT2D eigenvalue weighted by Crippen LogP contribution is 2.20. The third-order valence-electron chi connectivity index (χ3n) is 4.76. The Morgan fingerprint density at radius 3 is 2.62 bits per heavy atom. The lowest BCUT2D eigenvalue weighted by Gasteiger charge is -2.35. The molecule has 140 valence electrons. The molecule has 0 aliphatic carbocycles. The second-order valence-corrected chi connectivity index (χ2v) is 7.40. The van der Waals surface area contributed by atoms with Crippen LogP contribution in [-0.2, 0) is 11.2 Å². The number of aryl methyl sites for hydroxylation is 2. The number of piperazine rings is 1. The van der Waals surface area contributed by atoms with Crippen LogP contribution >= 0.6 is 0 Å². The minimum Gasteiger partial charge on any atom is -0.340 e. The number of amides is 1. The van der Waals surface area contributed by atoms with Gasteiger partial charge < -0.3 is 9.42 Å². The molecular formula is C20H28N4O2. The Hall–Kier alpha value is -2.21. The van der Waals surface area contributed by atoms with E-state index in [1.807, 2.05) is 36.1 Å². The number of benzene rings is 1. The van der Waals surface area contributed by atoms with Crippen molar-refractivity contribution in [3.05, 3.63) is 35.7 Å². The topological polar surface area (TPSA) is 62.5 Å². The van der Waals surface area contributed by atoms with Crippen LogP contribution in [0.4, 0.5) is 0 Å². The lowest BCUT2D eigenvalue weighted by Crippen LogP contribution is -2.49. The van der Waals surface area contributed by atoms with Crippen LogP contribution in [0.15, 0.2) is 28.8 Å². The van der Waals surface area contributed by atoms with Crippen molar-refractivity contribution in [3.63, 3.8) is 0 Å². The van der Waals surface area contributed by atoms with Gasteiger partial charge in [-0.25, -0.2) is 0 Å². The Labute approximate surface area is 155 Å². The average Bonchev–Trinajstić information content (AvgIpc) is 3.09. The minimum atomic E-state index is 0.171. The van der Waals surface area contributed by atoms with Gasteiger partial charge in [0.2, 0.25) is 17.6 Å². The van der Waals surface area contributed by atoms with Gasteiger partial charge in [0.05, 0.1) is 0 Å². The molecule has 6 heteroatoms. The molecule has 1 fully saturated rings. The molecule has 1 aromatic heterocycles. The molecule has 1 aliphatic rings. The molecule has 1 aromatic carbocycles. The van der Waals surface area contributed by atoms with Crippen molar-refractivity contribution in [1.29, 1.82) is 0 Å². The van der Waals surface area contributed by atoms with E-state index >= 15 is 0 Å². The van der Waals surface area contributed by atoms with Gasteiger partial charge in [0.1, 0.15) is 0 Å².